The van der Waals surface area contributed by atoms with Crippen molar-refractivity contribution in [3.05, 3.63) is 32.3 Å². The number of rotatable bonds is 4. The van der Waals surface area contributed by atoms with E-state index in [9.17, 15) is 0 Å². The van der Waals surface area contributed by atoms with Gasteiger partial charge in [0.2, 0.25) is 0 Å². The molecule has 0 spiro atoms. The highest BCUT2D eigenvalue weighted by Gasteiger charge is 2.25. The van der Waals surface area contributed by atoms with Crippen LogP contribution in [-0.4, -0.2) is 20.3 Å². The Morgan fingerprint density at radius 2 is 1.10 bits per heavy atom. The highest BCUT2D eigenvalue weighted by molar-refractivity contribution is 7.31. The number of hydrogen-bond acceptors (Lipinski definition) is 5. The van der Waals surface area contributed by atoms with Gasteiger partial charge < -0.3 is 17.9 Å². The average molecular weight is 459 g/mol. The summed E-state index contributed by atoms with van der Waals surface area (Å²) in [6.45, 7) is 11.6. The van der Waals surface area contributed by atoms with Gasteiger partial charge in [0.15, 0.2) is 11.2 Å². The van der Waals surface area contributed by atoms with Crippen LogP contribution in [0.4, 0.5) is 0 Å². The van der Waals surface area contributed by atoms with Crippen molar-refractivity contribution in [2.75, 3.05) is 14.2 Å². The molecule has 5 nitrogen and oxygen atoms in total. The van der Waals surface area contributed by atoms with Gasteiger partial charge >= 0.3 is 8.24 Å². The summed E-state index contributed by atoms with van der Waals surface area (Å²) in [4.78, 5) is 0. The van der Waals surface area contributed by atoms with Crippen molar-refractivity contribution >= 4 is 53.4 Å². The number of ether oxygens (including phenoxy) is 2. The first-order chi connectivity index (χ1) is 13.6. The van der Waals surface area contributed by atoms with E-state index in [4.69, 9.17) is 45.6 Å². The maximum Gasteiger partial charge on any atom is 0.387 e. The Labute approximate surface area is 181 Å². The van der Waals surface area contributed by atoms with Crippen LogP contribution in [0.2, 0.25) is 10.0 Å². The molecular formula is C21H25Cl2O5P. The van der Waals surface area contributed by atoms with Crippen molar-refractivity contribution in [3.63, 3.8) is 0 Å². The van der Waals surface area contributed by atoms with Crippen molar-refractivity contribution in [1.29, 1.82) is 0 Å². The van der Waals surface area contributed by atoms with Crippen LogP contribution in [0.5, 0.6) is 11.5 Å². The highest BCUT2D eigenvalue weighted by atomic mass is 35.5. The molecule has 0 amide bonds. The number of halogens is 2. The maximum absolute atomic E-state index is 6.66. The lowest BCUT2D eigenvalue weighted by Gasteiger charge is -2.15. The van der Waals surface area contributed by atoms with E-state index in [1.165, 1.54) is 0 Å². The zero-order valence-corrected chi connectivity index (χ0v) is 20.2. The summed E-state index contributed by atoms with van der Waals surface area (Å²) < 4.78 is 29.9. The Bertz CT molecular complexity index is 1070. The molecule has 0 radical (unpaired) electrons. The average Bonchev–Trinajstić information content (AvgIpc) is 2.83. The molecule has 3 rings (SSSR count). The first-order valence-electron chi connectivity index (χ1n) is 9.20. The molecule has 0 atom stereocenters. The quantitative estimate of drug-likeness (QED) is 0.401. The molecule has 1 heterocycles. The summed E-state index contributed by atoms with van der Waals surface area (Å²) in [5, 5.41) is 2.31. The monoisotopic (exact) mass is 458 g/mol. The van der Waals surface area contributed by atoms with Gasteiger partial charge in [0, 0.05) is 0 Å². The first kappa shape index (κ1) is 22.2. The maximum atomic E-state index is 6.66. The summed E-state index contributed by atoms with van der Waals surface area (Å²) in [6.07, 6.45) is -0.0858. The van der Waals surface area contributed by atoms with Gasteiger partial charge in [-0.2, -0.15) is 0 Å². The fourth-order valence-corrected chi connectivity index (χ4v) is 5.11. The molecule has 2 aromatic carbocycles. The lowest BCUT2D eigenvalue weighted by atomic mass is 9.99. The van der Waals surface area contributed by atoms with E-state index < -0.39 is 8.24 Å². The van der Waals surface area contributed by atoms with Crippen LogP contribution in [0, 0.1) is 27.7 Å². The zero-order valence-electron chi connectivity index (χ0n) is 17.8. The standard InChI is InChI=1S/C21H25Cl2O5P/c1-9(2)26-29-27-18-12(5)10(3)16(22)20(24-7)14(18)15-19(28-29)13(6)11(4)17(23)21(15)25-8/h9H,1-8H3. The SMILES string of the molecule is COc1c(Cl)c(C)c(C)c2op(OC(C)C)oc3c(C)c(C)c(Cl)c(OC)c3c12. The van der Waals surface area contributed by atoms with Crippen LogP contribution in [0.3, 0.4) is 0 Å². The topological polar surface area (TPSA) is 54.0 Å². The van der Waals surface area contributed by atoms with Crippen molar-refractivity contribution < 1.29 is 22.4 Å². The van der Waals surface area contributed by atoms with Crippen LogP contribution in [0.25, 0.3) is 21.9 Å². The lowest BCUT2D eigenvalue weighted by molar-refractivity contribution is 0.300. The molecule has 29 heavy (non-hydrogen) atoms. The van der Waals surface area contributed by atoms with Crippen LogP contribution < -0.4 is 14.0 Å². The molecule has 8 heteroatoms. The Kier molecular flexibility index (Phi) is 6.35. The number of fused-ring (bicyclic) bond motifs is 3. The molecule has 0 aliphatic carbocycles. The van der Waals surface area contributed by atoms with Crippen molar-refractivity contribution in [1.82, 2.24) is 0 Å². The Morgan fingerprint density at radius 1 is 0.724 bits per heavy atom. The Hall–Kier alpha value is -1.52. The predicted octanol–water partition coefficient (Wildman–Crippen LogP) is 7.68. The van der Waals surface area contributed by atoms with Crippen molar-refractivity contribution in [2.24, 2.45) is 0 Å². The molecule has 0 aliphatic rings. The normalized spacial score (nSPS) is 11.6. The third-order valence-corrected chi connectivity index (χ3v) is 7.23. The molecule has 3 aromatic rings. The second kappa shape index (κ2) is 8.31. The molecule has 0 aliphatic heterocycles. The second-order valence-electron chi connectivity index (χ2n) is 7.16. The van der Waals surface area contributed by atoms with Gasteiger partial charge in [-0.05, 0) is 63.8 Å². The fourth-order valence-electron chi connectivity index (χ4n) is 3.26. The van der Waals surface area contributed by atoms with Gasteiger partial charge in [-0.3, -0.25) is 4.52 Å². The largest absolute Gasteiger partial charge is 0.494 e. The van der Waals surface area contributed by atoms with Gasteiger partial charge in [-0.1, -0.05) is 23.2 Å². The Balaban J connectivity index is 2.80. The number of aryl methyl sites for hydroxylation is 2. The first-order valence-corrected chi connectivity index (χ1v) is 11.1. The third kappa shape index (κ3) is 3.59. The molecule has 0 bridgehead atoms. The molecule has 0 unspecified atom stereocenters. The van der Waals surface area contributed by atoms with Gasteiger partial charge in [0.1, 0.15) is 11.5 Å². The van der Waals surface area contributed by atoms with E-state index in [1.807, 2.05) is 41.5 Å². The van der Waals surface area contributed by atoms with Crippen molar-refractivity contribution in [2.45, 2.75) is 47.6 Å². The summed E-state index contributed by atoms with van der Waals surface area (Å²) in [7, 11) is 1.43. The summed E-state index contributed by atoms with van der Waals surface area (Å²) in [5.74, 6) is 0.960. The third-order valence-electron chi connectivity index (χ3n) is 5.06. The van der Waals surface area contributed by atoms with Crippen LogP contribution in [0.1, 0.15) is 36.1 Å². The van der Waals surface area contributed by atoms with Gasteiger partial charge in [-0.15, -0.1) is 0 Å². The van der Waals surface area contributed by atoms with Crippen LogP contribution >= 0.6 is 31.4 Å². The summed E-state index contributed by atoms with van der Waals surface area (Å²) >= 11 is 13.3. The number of benzene rings is 2. The van der Waals surface area contributed by atoms with Crippen molar-refractivity contribution in [3.8, 4) is 11.5 Å². The molecule has 0 fully saturated rings. The van der Waals surface area contributed by atoms with E-state index in [2.05, 4.69) is 0 Å². The van der Waals surface area contributed by atoms with Crippen LogP contribution in [-0.2, 0) is 0 Å². The second-order valence-corrected chi connectivity index (χ2v) is 8.94. The summed E-state index contributed by atoms with van der Waals surface area (Å²) in [6, 6.07) is 0. The lowest BCUT2D eigenvalue weighted by Crippen LogP contribution is -2.02. The molecule has 0 saturated heterocycles. The Morgan fingerprint density at radius 3 is 1.41 bits per heavy atom. The van der Waals surface area contributed by atoms with E-state index >= 15 is 0 Å². The minimum atomic E-state index is -1.72. The zero-order chi connectivity index (χ0) is 21.6. The minimum absolute atomic E-state index is 0.0858. The van der Waals surface area contributed by atoms with E-state index in [0.717, 1.165) is 22.3 Å². The molecular weight excluding hydrogens is 434 g/mol. The minimum Gasteiger partial charge on any atom is -0.494 e. The van der Waals surface area contributed by atoms with Gasteiger partial charge in [-0.25, -0.2) is 0 Å². The molecule has 0 N–H and O–H groups in total. The predicted molar refractivity (Wildman–Crippen MR) is 120 cm³/mol. The molecule has 158 valence electrons. The molecule has 1 aromatic heterocycles. The van der Waals surface area contributed by atoms with E-state index in [0.29, 0.717) is 43.5 Å². The van der Waals surface area contributed by atoms with Crippen LogP contribution in [0.15, 0.2) is 8.39 Å². The van der Waals surface area contributed by atoms with E-state index in [1.54, 1.807) is 14.2 Å². The van der Waals surface area contributed by atoms with Gasteiger partial charge in [0.05, 0.1) is 41.1 Å². The van der Waals surface area contributed by atoms with E-state index in [-0.39, 0.29) is 6.10 Å². The fraction of sp³-hybridized carbons (Fsp3) is 0.429. The molecule has 0 saturated carbocycles. The number of methoxy groups -OCH3 is 2. The highest BCUT2D eigenvalue weighted by Crippen LogP contribution is 2.50. The smallest absolute Gasteiger partial charge is 0.387 e. The summed E-state index contributed by atoms with van der Waals surface area (Å²) in [5.41, 5.74) is 4.65. The van der Waals surface area contributed by atoms with Gasteiger partial charge in [0.25, 0.3) is 0 Å². The number of hydrogen-bond donors (Lipinski definition) is 0.